The van der Waals surface area contributed by atoms with Crippen LogP contribution >= 0.6 is 23.2 Å². The predicted molar refractivity (Wildman–Crippen MR) is 68.1 cm³/mol. The quantitative estimate of drug-likeness (QED) is 0.866. The molecular formula is C13H16Cl2O. The summed E-state index contributed by atoms with van der Waals surface area (Å²) in [4.78, 5) is 0. The minimum atomic E-state index is -0.279. The van der Waals surface area contributed by atoms with Crippen molar-refractivity contribution < 1.29 is 5.11 Å². The number of halogens is 2. The Morgan fingerprint density at radius 2 is 1.94 bits per heavy atom. The summed E-state index contributed by atoms with van der Waals surface area (Å²) in [7, 11) is 0. The largest absolute Gasteiger partial charge is 0.392 e. The van der Waals surface area contributed by atoms with Crippen molar-refractivity contribution in [3.8, 4) is 0 Å². The molecule has 1 atom stereocenters. The number of aliphatic hydroxyl groups excluding tert-OH is 1. The van der Waals surface area contributed by atoms with Gasteiger partial charge >= 0.3 is 0 Å². The molecule has 1 aromatic carbocycles. The highest BCUT2D eigenvalue weighted by Gasteiger charge is 2.23. The van der Waals surface area contributed by atoms with Crippen LogP contribution in [-0.2, 0) is 6.42 Å². The van der Waals surface area contributed by atoms with Gasteiger partial charge < -0.3 is 5.11 Å². The first-order chi connectivity index (χ1) is 7.66. The SMILES string of the molecule is OC(Cc1cc(Cl)ccc1Cl)C1CCCC1. The molecule has 1 aliphatic rings. The third kappa shape index (κ3) is 2.91. The van der Waals surface area contributed by atoms with Crippen LogP contribution in [0.4, 0.5) is 0 Å². The van der Waals surface area contributed by atoms with Crippen molar-refractivity contribution in [3.63, 3.8) is 0 Å². The second-order valence-electron chi connectivity index (χ2n) is 4.55. The Morgan fingerprint density at radius 1 is 1.25 bits per heavy atom. The average Bonchev–Trinajstić information content (AvgIpc) is 2.76. The molecule has 1 unspecified atom stereocenters. The van der Waals surface area contributed by atoms with Gasteiger partial charge in [-0.15, -0.1) is 0 Å². The van der Waals surface area contributed by atoms with E-state index in [0.717, 1.165) is 18.4 Å². The van der Waals surface area contributed by atoms with E-state index in [2.05, 4.69) is 0 Å². The van der Waals surface area contributed by atoms with E-state index in [0.29, 0.717) is 22.4 Å². The van der Waals surface area contributed by atoms with E-state index in [1.54, 1.807) is 12.1 Å². The zero-order valence-electron chi connectivity index (χ0n) is 9.13. The van der Waals surface area contributed by atoms with Crippen LogP contribution in [0.1, 0.15) is 31.2 Å². The van der Waals surface area contributed by atoms with Crippen molar-refractivity contribution in [1.82, 2.24) is 0 Å². The maximum atomic E-state index is 10.1. The number of aliphatic hydroxyl groups is 1. The predicted octanol–water partition coefficient (Wildman–Crippen LogP) is 4.09. The van der Waals surface area contributed by atoms with Gasteiger partial charge in [-0.05, 0) is 42.5 Å². The molecule has 88 valence electrons. The molecule has 3 heteroatoms. The Kier molecular flexibility index (Phi) is 4.12. The van der Waals surface area contributed by atoms with Crippen molar-refractivity contribution in [2.75, 3.05) is 0 Å². The van der Waals surface area contributed by atoms with Crippen LogP contribution in [0.3, 0.4) is 0 Å². The molecule has 0 spiro atoms. The van der Waals surface area contributed by atoms with Gasteiger partial charge in [0.25, 0.3) is 0 Å². The van der Waals surface area contributed by atoms with Crippen LogP contribution in [0.25, 0.3) is 0 Å². The lowest BCUT2D eigenvalue weighted by molar-refractivity contribution is 0.111. The monoisotopic (exact) mass is 258 g/mol. The fraction of sp³-hybridized carbons (Fsp3) is 0.538. The maximum absolute atomic E-state index is 10.1. The topological polar surface area (TPSA) is 20.2 Å². The van der Waals surface area contributed by atoms with Gasteiger partial charge in [0.1, 0.15) is 0 Å². The van der Waals surface area contributed by atoms with E-state index in [4.69, 9.17) is 23.2 Å². The lowest BCUT2D eigenvalue weighted by Gasteiger charge is -2.18. The van der Waals surface area contributed by atoms with Crippen LogP contribution in [-0.4, -0.2) is 11.2 Å². The first-order valence-corrected chi connectivity index (χ1v) is 6.54. The molecule has 1 nitrogen and oxygen atoms in total. The van der Waals surface area contributed by atoms with Crippen LogP contribution in [0.5, 0.6) is 0 Å². The Morgan fingerprint density at radius 3 is 2.62 bits per heavy atom. The number of hydrogen-bond acceptors (Lipinski definition) is 1. The van der Waals surface area contributed by atoms with Gasteiger partial charge in [-0.3, -0.25) is 0 Å². The van der Waals surface area contributed by atoms with Crippen molar-refractivity contribution in [3.05, 3.63) is 33.8 Å². The molecule has 1 aliphatic carbocycles. The van der Waals surface area contributed by atoms with Gasteiger partial charge in [0.05, 0.1) is 6.10 Å². The molecule has 16 heavy (non-hydrogen) atoms. The van der Waals surface area contributed by atoms with Crippen molar-refractivity contribution >= 4 is 23.2 Å². The Balaban J connectivity index is 2.04. The van der Waals surface area contributed by atoms with Gasteiger partial charge in [0, 0.05) is 16.5 Å². The fourth-order valence-corrected chi connectivity index (χ4v) is 2.82. The first kappa shape index (κ1) is 12.2. The molecule has 0 saturated heterocycles. The Bertz CT molecular complexity index is 359. The first-order valence-electron chi connectivity index (χ1n) is 5.79. The zero-order chi connectivity index (χ0) is 11.5. The summed E-state index contributed by atoms with van der Waals surface area (Å²) in [5.74, 6) is 0.440. The Hall–Kier alpha value is -0.240. The van der Waals surface area contributed by atoms with E-state index < -0.39 is 0 Å². The van der Waals surface area contributed by atoms with E-state index >= 15 is 0 Å². The average molecular weight is 259 g/mol. The van der Waals surface area contributed by atoms with Gasteiger partial charge in [-0.2, -0.15) is 0 Å². The second-order valence-corrected chi connectivity index (χ2v) is 5.40. The maximum Gasteiger partial charge on any atom is 0.0609 e. The van der Waals surface area contributed by atoms with E-state index in [1.165, 1.54) is 12.8 Å². The summed E-state index contributed by atoms with van der Waals surface area (Å²) < 4.78 is 0. The molecule has 0 bridgehead atoms. The van der Waals surface area contributed by atoms with Gasteiger partial charge in [-0.1, -0.05) is 36.0 Å². The van der Waals surface area contributed by atoms with Crippen LogP contribution < -0.4 is 0 Å². The van der Waals surface area contributed by atoms with Crippen LogP contribution in [0.15, 0.2) is 18.2 Å². The molecule has 0 radical (unpaired) electrons. The summed E-state index contributed by atoms with van der Waals surface area (Å²) in [6.45, 7) is 0. The Labute approximate surface area is 106 Å². The highest BCUT2D eigenvalue weighted by molar-refractivity contribution is 6.33. The molecule has 1 fully saturated rings. The minimum absolute atomic E-state index is 0.279. The summed E-state index contributed by atoms with van der Waals surface area (Å²) in [5.41, 5.74) is 0.952. The lowest BCUT2D eigenvalue weighted by atomic mass is 9.95. The number of hydrogen-bond donors (Lipinski definition) is 1. The normalized spacial score (nSPS) is 18.9. The lowest BCUT2D eigenvalue weighted by Crippen LogP contribution is -2.20. The minimum Gasteiger partial charge on any atom is -0.392 e. The van der Waals surface area contributed by atoms with Crippen molar-refractivity contribution in [2.45, 2.75) is 38.2 Å². The van der Waals surface area contributed by atoms with Crippen LogP contribution in [0, 0.1) is 5.92 Å². The molecule has 0 amide bonds. The third-order valence-electron chi connectivity index (χ3n) is 3.38. The van der Waals surface area contributed by atoms with E-state index in [-0.39, 0.29) is 6.10 Å². The zero-order valence-corrected chi connectivity index (χ0v) is 10.6. The van der Waals surface area contributed by atoms with E-state index in [1.807, 2.05) is 6.07 Å². The summed E-state index contributed by atoms with van der Waals surface area (Å²) in [6, 6.07) is 5.41. The van der Waals surface area contributed by atoms with Crippen molar-refractivity contribution in [1.29, 1.82) is 0 Å². The number of benzene rings is 1. The third-order valence-corrected chi connectivity index (χ3v) is 3.98. The summed E-state index contributed by atoms with van der Waals surface area (Å²) in [6.07, 6.45) is 5.09. The smallest absolute Gasteiger partial charge is 0.0609 e. The van der Waals surface area contributed by atoms with Gasteiger partial charge in [0.15, 0.2) is 0 Å². The van der Waals surface area contributed by atoms with Crippen LogP contribution in [0.2, 0.25) is 10.0 Å². The second kappa shape index (κ2) is 5.39. The highest BCUT2D eigenvalue weighted by Crippen LogP contribution is 2.31. The molecule has 2 rings (SSSR count). The molecule has 0 aromatic heterocycles. The van der Waals surface area contributed by atoms with E-state index in [9.17, 15) is 5.11 Å². The number of rotatable bonds is 3. The highest BCUT2D eigenvalue weighted by atomic mass is 35.5. The molecule has 0 heterocycles. The summed E-state index contributed by atoms with van der Waals surface area (Å²) >= 11 is 12.0. The molecule has 1 saturated carbocycles. The van der Waals surface area contributed by atoms with Gasteiger partial charge in [-0.25, -0.2) is 0 Å². The fourth-order valence-electron chi connectivity index (χ4n) is 2.43. The molecular weight excluding hydrogens is 243 g/mol. The standard InChI is InChI=1S/C13H16Cl2O/c14-11-5-6-12(15)10(7-11)8-13(16)9-3-1-2-4-9/h5-7,9,13,16H,1-4,8H2. The van der Waals surface area contributed by atoms with Crippen molar-refractivity contribution in [2.24, 2.45) is 5.92 Å². The van der Waals surface area contributed by atoms with Gasteiger partial charge in [0.2, 0.25) is 0 Å². The molecule has 1 aromatic rings. The summed E-state index contributed by atoms with van der Waals surface area (Å²) in [5, 5.41) is 11.5. The molecule has 0 aliphatic heterocycles. The molecule has 1 N–H and O–H groups in total.